The highest BCUT2D eigenvalue weighted by Crippen LogP contribution is 2.34. The quantitative estimate of drug-likeness (QED) is 0.401. The lowest BCUT2D eigenvalue weighted by Gasteiger charge is -2.15. The lowest BCUT2D eigenvalue weighted by molar-refractivity contribution is 0.0910. The normalized spacial score (nSPS) is 12.8. The number of imide groups is 1. The standard InChI is InChI=1S/C22H12Cl2FNO4/c23-18-9-16-17(10-19(18)24)22(29)26(21(16)28)14-2-1-3-15(8-14)30-11-20(27)12-4-6-13(25)7-5-12/h1-10H,11H2. The molecule has 4 rings (SSSR count). The fourth-order valence-electron chi connectivity index (χ4n) is 3.05. The lowest BCUT2D eigenvalue weighted by atomic mass is 10.1. The summed E-state index contributed by atoms with van der Waals surface area (Å²) in [6.07, 6.45) is 0. The summed E-state index contributed by atoms with van der Waals surface area (Å²) in [4.78, 5) is 38.7. The van der Waals surface area contributed by atoms with Crippen LogP contribution in [0, 0.1) is 5.82 Å². The summed E-state index contributed by atoms with van der Waals surface area (Å²) in [5.74, 6) is -1.56. The number of carbonyl (C=O) groups is 3. The summed E-state index contributed by atoms with van der Waals surface area (Å²) in [5.41, 5.74) is 0.904. The van der Waals surface area contributed by atoms with Crippen molar-refractivity contribution in [2.45, 2.75) is 0 Å². The van der Waals surface area contributed by atoms with Crippen LogP contribution in [0.2, 0.25) is 10.0 Å². The third-order valence-corrected chi connectivity index (χ3v) is 5.26. The van der Waals surface area contributed by atoms with Gasteiger partial charge in [0.2, 0.25) is 0 Å². The number of ketones is 1. The Morgan fingerprint density at radius 2 is 1.50 bits per heavy atom. The Bertz CT molecular complexity index is 1150. The first-order chi connectivity index (χ1) is 14.3. The number of rotatable bonds is 5. The van der Waals surface area contributed by atoms with Crippen molar-refractivity contribution in [2.75, 3.05) is 11.5 Å². The van der Waals surface area contributed by atoms with E-state index in [2.05, 4.69) is 0 Å². The molecule has 0 radical (unpaired) electrons. The Balaban J connectivity index is 1.54. The van der Waals surface area contributed by atoms with Gasteiger partial charge < -0.3 is 4.74 Å². The molecule has 0 bridgehead atoms. The average molecular weight is 444 g/mol. The van der Waals surface area contributed by atoms with Crippen molar-refractivity contribution in [3.8, 4) is 5.75 Å². The zero-order chi connectivity index (χ0) is 21.4. The molecule has 0 saturated heterocycles. The molecule has 8 heteroatoms. The van der Waals surface area contributed by atoms with Gasteiger partial charge in [0, 0.05) is 11.6 Å². The number of ether oxygens (including phenoxy) is 1. The molecule has 0 unspecified atom stereocenters. The first-order valence-corrected chi connectivity index (χ1v) is 9.50. The van der Waals surface area contributed by atoms with E-state index in [1.54, 1.807) is 18.2 Å². The molecule has 5 nitrogen and oxygen atoms in total. The van der Waals surface area contributed by atoms with E-state index in [4.69, 9.17) is 27.9 Å². The smallest absolute Gasteiger partial charge is 0.266 e. The molecule has 150 valence electrons. The number of hydrogen-bond acceptors (Lipinski definition) is 4. The molecule has 1 aliphatic rings. The van der Waals surface area contributed by atoms with E-state index in [0.29, 0.717) is 5.56 Å². The Labute approximate surface area is 180 Å². The second-order valence-electron chi connectivity index (χ2n) is 6.47. The van der Waals surface area contributed by atoms with Crippen molar-refractivity contribution in [3.63, 3.8) is 0 Å². The van der Waals surface area contributed by atoms with Gasteiger partial charge in [-0.2, -0.15) is 0 Å². The summed E-state index contributed by atoms with van der Waals surface area (Å²) in [7, 11) is 0. The van der Waals surface area contributed by atoms with Crippen LogP contribution in [-0.4, -0.2) is 24.2 Å². The van der Waals surface area contributed by atoms with E-state index in [1.807, 2.05) is 0 Å². The zero-order valence-corrected chi connectivity index (χ0v) is 16.7. The van der Waals surface area contributed by atoms with Crippen LogP contribution >= 0.6 is 23.2 Å². The van der Waals surface area contributed by atoms with Crippen LogP contribution in [0.5, 0.6) is 5.75 Å². The summed E-state index contributed by atoms with van der Waals surface area (Å²) >= 11 is 11.9. The van der Waals surface area contributed by atoms with Gasteiger partial charge in [0.05, 0.1) is 26.9 Å². The molecule has 0 spiro atoms. The predicted molar refractivity (Wildman–Crippen MR) is 110 cm³/mol. The highest BCUT2D eigenvalue weighted by Gasteiger charge is 2.37. The second-order valence-corrected chi connectivity index (χ2v) is 7.29. The number of anilines is 1. The van der Waals surface area contributed by atoms with E-state index < -0.39 is 17.6 Å². The van der Waals surface area contributed by atoms with Crippen molar-refractivity contribution in [2.24, 2.45) is 0 Å². The second kappa shape index (κ2) is 7.89. The zero-order valence-electron chi connectivity index (χ0n) is 15.2. The number of amides is 2. The minimum Gasteiger partial charge on any atom is -0.485 e. The van der Waals surface area contributed by atoms with Crippen LogP contribution in [0.4, 0.5) is 10.1 Å². The van der Waals surface area contributed by atoms with E-state index in [9.17, 15) is 18.8 Å². The van der Waals surface area contributed by atoms with Gasteiger partial charge in [-0.15, -0.1) is 0 Å². The third kappa shape index (κ3) is 3.67. The molecule has 1 heterocycles. The maximum Gasteiger partial charge on any atom is 0.266 e. The van der Waals surface area contributed by atoms with Gasteiger partial charge in [0.15, 0.2) is 12.4 Å². The minimum atomic E-state index is -0.534. The largest absolute Gasteiger partial charge is 0.485 e. The monoisotopic (exact) mass is 443 g/mol. The van der Waals surface area contributed by atoms with Gasteiger partial charge >= 0.3 is 0 Å². The van der Waals surface area contributed by atoms with Gasteiger partial charge in [0.25, 0.3) is 11.8 Å². The summed E-state index contributed by atoms with van der Waals surface area (Å²) in [5, 5.41) is 0.351. The van der Waals surface area contributed by atoms with Crippen LogP contribution in [0.15, 0.2) is 60.7 Å². The molecule has 0 atom stereocenters. The van der Waals surface area contributed by atoms with Crippen molar-refractivity contribution < 1.29 is 23.5 Å². The highest BCUT2D eigenvalue weighted by atomic mass is 35.5. The molecule has 0 aliphatic carbocycles. The van der Waals surface area contributed by atoms with Crippen LogP contribution in [0.3, 0.4) is 0 Å². The first-order valence-electron chi connectivity index (χ1n) is 8.74. The van der Waals surface area contributed by atoms with Crippen LogP contribution in [0.1, 0.15) is 31.1 Å². The first kappa shape index (κ1) is 20.1. The van der Waals surface area contributed by atoms with Crippen molar-refractivity contribution >= 4 is 46.5 Å². The molecule has 0 N–H and O–H groups in total. The fourth-order valence-corrected chi connectivity index (χ4v) is 3.38. The Morgan fingerprint density at radius 1 is 0.900 bits per heavy atom. The highest BCUT2D eigenvalue weighted by molar-refractivity contribution is 6.44. The summed E-state index contributed by atoms with van der Waals surface area (Å²) in [6.45, 7) is -0.289. The average Bonchev–Trinajstić information content (AvgIpc) is 2.97. The summed E-state index contributed by atoms with van der Waals surface area (Å²) in [6, 6.07) is 14.1. The molecule has 0 saturated carbocycles. The van der Waals surface area contributed by atoms with Crippen molar-refractivity contribution in [3.05, 3.63) is 93.2 Å². The Hall–Kier alpha value is -3.22. The van der Waals surface area contributed by atoms with Gasteiger partial charge in [-0.25, -0.2) is 9.29 Å². The molecular formula is C22H12Cl2FNO4. The van der Waals surface area contributed by atoms with E-state index >= 15 is 0 Å². The van der Waals surface area contributed by atoms with E-state index in [0.717, 1.165) is 4.90 Å². The lowest BCUT2D eigenvalue weighted by Crippen LogP contribution is -2.29. The van der Waals surface area contributed by atoms with Gasteiger partial charge in [-0.05, 0) is 48.5 Å². The topological polar surface area (TPSA) is 63.7 Å². The SMILES string of the molecule is O=C(COc1cccc(N2C(=O)c3cc(Cl)c(Cl)cc3C2=O)c1)c1ccc(F)cc1. The van der Waals surface area contributed by atoms with E-state index in [-0.39, 0.29) is 45.0 Å². The minimum absolute atomic E-state index is 0.159. The molecule has 2 amide bonds. The molecular weight excluding hydrogens is 432 g/mol. The number of fused-ring (bicyclic) bond motifs is 1. The number of benzene rings is 3. The maximum absolute atomic E-state index is 13.0. The van der Waals surface area contributed by atoms with Crippen molar-refractivity contribution in [1.29, 1.82) is 0 Å². The maximum atomic E-state index is 13.0. The predicted octanol–water partition coefficient (Wildman–Crippen LogP) is 5.19. The molecule has 3 aromatic carbocycles. The van der Waals surface area contributed by atoms with Gasteiger partial charge in [0.1, 0.15) is 11.6 Å². The third-order valence-electron chi connectivity index (χ3n) is 4.54. The molecule has 0 aromatic heterocycles. The van der Waals surface area contributed by atoms with Crippen LogP contribution in [-0.2, 0) is 0 Å². The Morgan fingerprint density at radius 3 is 2.10 bits per heavy atom. The number of carbonyl (C=O) groups excluding carboxylic acids is 3. The molecule has 1 aliphatic heterocycles. The molecule has 30 heavy (non-hydrogen) atoms. The van der Waals surface area contributed by atoms with E-state index in [1.165, 1.54) is 42.5 Å². The van der Waals surface area contributed by atoms with Crippen molar-refractivity contribution in [1.82, 2.24) is 0 Å². The van der Waals surface area contributed by atoms with Crippen LogP contribution < -0.4 is 9.64 Å². The number of hydrogen-bond donors (Lipinski definition) is 0. The fraction of sp³-hybridized carbons (Fsp3) is 0.0455. The number of halogens is 3. The van der Waals surface area contributed by atoms with Gasteiger partial charge in [-0.1, -0.05) is 29.3 Å². The molecule has 3 aromatic rings. The number of Topliss-reactive ketones (excluding diaryl/α,β-unsaturated/α-hetero) is 1. The Kier molecular flexibility index (Phi) is 5.28. The van der Waals surface area contributed by atoms with Gasteiger partial charge in [-0.3, -0.25) is 14.4 Å². The van der Waals surface area contributed by atoms with Crippen LogP contribution in [0.25, 0.3) is 0 Å². The number of nitrogens with zero attached hydrogens (tertiary/aromatic N) is 1. The molecule has 0 fully saturated rings. The summed E-state index contributed by atoms with van der Waals surface area (Å²) < 4.78 is 18.5.